The second-order valence-corrected chi connectivity index (χ2v) is 6.79. The minimum Gasteiger partial charge on any atom is -0.340 e. The van der Waals surface area contributed by atoms with Crippen molar-refractivity contribution in [1.82, 2.24) is 15.3 Å². The van der Waals surface area contributed by atoms with Gasteiger partial charge in [0.1, 0.15) is 6.04 Å². The Kier molecular flexibility index (Phi) is 5.54. The number of para-hydroxylation sites is 2. The van der Waals surface area contributed by atoms with E-state index in [1.54, 1.807) is 12.1 Å². The molecule has 0 aliphatic heterocycles. The Morgan fingerprint density at radius 2 is 1.81 bits per heavy atom. The quantitative estimate of drug-likeness (QED) is 0.624. The number of nitrogens with zero attached hydrogens (tertiary/aromatic N) is 1. The summed E-state index contributed by atoms with van der Waals surface area (Å²) in [6.07, 6.45) is 0.756. The van der Waals surface area contributed by atoms with Gasteiger partial charge in [0, 0.05) is 5.56 Å². The van der Waals surface area contributed by atoms with Crippen molar-refractivity contribution in [2.24, 2.45) is 5.92 Å². The van der Waals surface area contributed by atoms with Gasteiger partial charge in [-0.25, -0.2) is 4.98 Å². The van der Waals surface area contributed by atoms with Gasteiger partial charge >= 0.3 is 0 Å². The molecule has 6 nitrogen and oxygen atoms in total. The molecule has 2 aromatic carbocycles. The zero-order chi connectivity index (χ0) is 19.4. The van der Waals surface area contributed by atoms with Gasteiger partial charge in [-0.3, -0.25) is 14.9 Å². The molecule has 0 bridgehead atoms. The number of fused-ring (bicyclic) bond motifs is 1. The number of hydrogen-bond donors (Lipinski definition) is 3. The van der Waals surface area contributed by atoms with Gasteiger partial charge in [0.05, 0.1) is 11.0 Å². The van der Waals surface area contributed by atoms with Crippen LogP contribution >= 0.6 is 0 Å². The normalized spacial score (nSPS) is 13.1. The summed E-state index contributed by atoms with van der Waals surface area (Å²) in [5.41, 5.74) is 3.23. The van der Waals surface area contributed by atoms with Crippen molar-refractivity contribution in [3.8, 4) is 0 Å². The molecule has 0 saturated carbocycles. The van der Waals surface area contributed by atoms with E-state index in [-0.39, 0.29) is 17.7 Å². The summed E-state index contributed by atoms with van der Waals surface area (Å²) in [4.78, 5) is 32.8. The molecular formula is C21H24N4O2. The maximum Gasteiger partial charge on any atom is 0.251 e. The number of imidazole rings is 1. The molecule has 3 rings (SSSR count). The van der Waals surface area contributed by atoms with Crippen molar-refractivity contribution < 1.29 is 9.59 Å². The number of carbonyl (C=O) groups excluding carboxylic acids is 2. The average molecular weight is 364 g/mol. The van der Waals surface area contributed by atoms with Crippen molar-refractivity contribution in [3.05, 3.63) is 59.7 Å². The second-order valence-electron chi connectivity index (χ2n) is 6.79. The van der Waals surface area contributed by atoms with E-state index >= 15 is 0 Å². The number of rotatable bonds is 6. The molecule has 2 amide bonds. The number of carbonyl (C=O) groups is 2. The molecule has 3 N–H and O–H groups in total. The number of H-pyrrole nitrogens is 1. The lowest BCUT2D eigenvalue weighted by molar-refractivity contribution is -0.119. The van der Waals surface area contributed by atoms with Gasteiger partial charge in [-0.2, -0.15) is 0 Å². The lowest BCUT2D eigenvalue weighted by Crippen LogP contribution is -2.47. The van der Waals surface area contributed by atoms with E-state index in [1.807, 2.05) is 57.2 Å². The van der Waals surface area contributed by atoms with E-state index in [0.717, 1.165) is 23.0 Å². The molecule has 2 atom stereocenters. The molecule has 1 aromatic heterocycles. The lowest BCUT2D eigenvalue weighted by atomic mass is 9.98. The van der Waals surface area contributed by atoms with Crippen molar-refractivity contribution in [2.45, 2.75) is 33.2 Å². The van der Waals surface area contributed by atoms with Gasteiger partial charge in [0.2, 0.25) is 11.9 Å². The number of anilines is 1. The van der Waals surface area contributed by atoms with Crippen molar-refractivity contribution in [3.63, 3.8) is 0 Å². The predicted molar refractivity (Wildman–Crippen MR) is 107 cm³/mol. The van der Waals surface area contributed by atoms with Crippen LogP contribution in [0.3, 0.4) is 0 Å². The predicted octanol–water partition coefficient (Wildman–Crippen LogP) is 3.65. The molecule has 0 spiro atoms. The Labute approximate surface area is 158 Å². The smallest absolute Gasteiger partial charge is 0.251 e. The number of aromatic amines is 1. The summed E-state index contributed by atoms with van der Waals surface area (Å²) in [5, 5.41) is 5.66. The molecule has 3 aromatic rings. The van der Waals surface area contributed by atoms with Crippen LogP contribution in [0.25, 0.3) is 11.0 Å². The molecule has 27 heavy (non-hydrogen) atoms. The fraction of sp³-hybridized carbons (Fsp3) is 0.286. The zero-order valence-electron chi connectivity index (χ0n) is 15.7. The van der Waals surface area contributed by atoms with Gasteiger partial charge in [0.25, 0.3) is 5.91 Å². The maximum atomic E-state index is 12.8. The highest BCUT2D eigenvalue weighted by molar-refractivity contribution is 6.01. The summed E-state index contributed by atoms with van der Waals surface area (Å²) < 4.78 is 0. The van der Waals surface area contributed by atoms with E-state index < -0.39 is 6.04 Å². The highest BCUT2D eigenvalue weighted by Gasteiger charge is 2.27. The molecule has 0 saturated heterocycles. The SMILES string of the molecule is CC[C@@H](C)[C@@H](NC(=O)c1ccc(C)cc1)C(=O)Nc1nc2ccccc2[nH]1. The topological polar surface area (TPSA) is 86.9 Å². The zero-order valence-corrected chi connectivity index (χ0v) is 15.7. The average Bonchev–Trinajstić information content (AvgIpc) is 3.07. The molecule has 0 unspecified atom stereocenters. The molecule has 140 valence electrons. The van der Waals surface area contributed by atoms with E-state index in [0.29, 0.717) is 11.5 Å². The Bertz CT molecular complexity index is 913. The first-order chi connectivity index (χ1) is 13.0. The fourth-order valence-electron chi connectivity index (χ4n) is 2.84. The van der Waals surface area contributed by atoms with E-state index in [2.05, 4.69) is 20.6 Å². The third-order valence-corrected chi connectivity index (χ3v) is 4.73. The Hall–Kier alpha value is -3.15. The van der Waals surface area contributed by atoms with Gasteiger partial charge in [-0.15, -0.1) is 0 Å². The molecule has 0 fully saturated rings. The molecule has 0 radical (unpaired) electrons. The standard InChI is InChI=1S/C21H24N4O2/c1-4-14(3)18(24-19(26)15-11-9-13(2)10-12-15)20(27)25-21-22-16-7-5-6-8-17(16)23-21/h5-12,14,18H,4H2,1-3H3,(H,24,26)(H2,22,23,25,27)/t14-,18-/m1/s1. The first kappa shape index (κ1) is 18.6. The van der Waals surface area contributed by atoms with E-state index in [9.17, 15) is 9.59 Å². The second kappa shape index (κ2) is 8.03. The molecule has 6 heteroatoms. The van der Waals surface area contributed by atoms with Crippen LogP contribution in [0.2, 0.25) is 0 Å². The van der Waals surface area contributed by atoms with Crippen molar-refractivity contribution in [1.29, 1.82) is 0 Å². The number of nitrogens with one attached hydrogen (secondary N) is 3. The fourth-order valence-corrected chi connectivity index (χ4v) is 2.84. The van der Waals surface area contributed by atoms with Gasteiger partial charge in [-0.1, -0.05) is 50.1 Å². The number of aromatic nitrogens is 2. The third kappa shape index (κ3) is 4.34. The summed E-state index contributed by atoms with van der Waals surface area (Å²) in [5.74, 6) is -0.202. The number of aryl methyl sites for hydroxylation is 1. The molecule has 0 aliphatic carbocycles. The van der Waals surface area contributed by atoms with Crippen LogP contribution in [0.1, 0.15) is 36.2 Å². The minimum absolute atomic E-state index is 0.0243. The van der Waals surface area contributed by atoms with Crippen LogP contribution in [-0.2, 0) is 4.79 Å². The van der Waals surface area contributed by atoms with E-state index in [1.165, 1.54) is 0 Å². The van der Waals surface area contributed by atoms with Crippen LogP contribution in [0.4, 0.5) is 5.95 Å². The summed E-state index contributed by atoms with van der Waals surface area (Å²) >= 11 is 0. The number of hydrogen-bond acceptors (Lipinski definition) is 3. The molecular weight excluding hydrogens is 340 g/mol. The van der Waals surface area contributed by atoms with Gasteiger partial charge in [0.15, 0.2) is 0 Å². The minimum atomic E-state index is -0.656. The van der Waals surface area contributed by atoms with Crippen LogP contribution < -0.4 is 10.6 Å². The van der Waals surface area contributed by atoms with E-state index in [4.69, 9.17) is 0 Å². The highest BCUT2D eigenvalue weighted by atomic mass is 16.2. The number of amides is 2. The monoisotopic (exact) mass is 364 g/mol. The highest BCUT2D eigenvalue weighted by Crippen LogP contribution is 2.16. The Morgan fingerprint density at radius 1 is 1.11 bits per heavy atom. The lowest BCUT2D eigenvalue weighted by Gasteiger charge is -2.23. The Balaban J connectivity index is 1.75. The van der Waals surface area contributed by atoms with Gasteiger partial charge < -0.3 is 10.3 Å². The summed E-state index contributed by atoms with van der Waals surface area (Å²) in [6, 6.07) is 14.2. The first-order valence-electron chi connectivity index (χ1n) is 9.11. The molecule has 0 aliphatic rings. The third-order valence-electron chi connectivity index (χ3n) is 4.73. The van der Waals surface area contributed by atoms with Crippen LogP contribution in [0.15, 0.2) is 48.5 Å². The van der Waals surface area contributed by atoms with Crippen molar-refractivity contribution >= 4 is 28.8 Å². The number of benzene rings is 2. The van der Waals surface area contributed by atoms with Crippen LogP contribution in [-0.4, -0.2) is 27.8 Å². The van der Waals surface area contributed by atoms with Crippen LogP contribution in [0, 0.1) is 12.8 Å². The first-order valence-corrected chi connectivity index (χ1v) is 9.11. The summed E-state index contributed by atoms with van der Waals surface area (Å²) in [6.45, 7) is 5.90. The van der Waals surface area contributed by atoms with Gasteiger partial charge in [-0.05, 0) is 37.1 Å². The molecule has 1 heterocycles. The Morgan fingerprint density at radius 3 is 2.48 bits per heavy atom. The largest absolute Gasteiger partial charge is 0.340 e. The van der Waals surface area contributed by atoms with Crippen LogP contribution in [0.5, 0.6) is 0 Å². The maximum absolute atomic E-state index is 12.8. The summed E-state index contributed by atoms with van der Waals surface area (Å²) in [7, 11) is 0. The van der Waals surface area contributed by atoms with Crippen molar-refractivity contribution in [2.75, 3.05) is 5.32 Å².